The molecule has 0 fully saturated rings. The van der Waals surface area contributed by atoms with Gasteiger partial charge in [0.05, 0.1) is 12.8 Å². The molecule has 2 aromatic carbocycles. The third kappa shape index (κ3) is 4.62. The topological polar surface area (TPSA) is 60.5 Å². The summed E-state index contributed by atoms with van der Waals surface area (Å²) in [6.07, 6.45) is -0.666. The number of carbonyl (C=O) groups is 1. The Labute approximate surface area is 164 Å². The maximum atomic E-state index is 12.4. The zero-order valence-corrected chi connectivity index (χ0v) is 16.6. The highest BCUT2D eigenvalue weighted by molar-refractivity contribution is 9.10. The molecule has 0 saturated carbocycles. The fourth-order valence-electron chi connectivity index (χ4n) is 2.25. The Morgan fingerprint density at radius 1 is 1.19 bits per heavy atom. The van der Waals surface area contributed by atoms with Gasteiger partial charge in [-0.05, 0) is 31.2 Å². The van der Waals surface area contributed by atoms with Crippen LogP contribution in [0.4, 0.5) is 5.13 Å². The van der Waals surface area contributed by atoms with Gasteiger partial charge < -0.3 is 9.47 Å². The van der Waals surface area contributed by atoms with Gasteiger partial charge in [-0.15, -0.1) is 11.3 Å². The Balaban J connectivity index is 1.64. The molecule has 0 radical (unpaired) electrons. The van der Waals surface area contributed by atoms with E-state index in [-0.39, 0.29) is 5.91 Å². The number of hydrogen-bond donors (Lipinski definition) is 1. The molecule has 0 bridgehead atoms. The van der Waals surface area contributed by atoms with E-state index in [1.807, 2.05) is 41.8 Å². The number of nitrogens with one attached hydrogen (secondary N) is 1. The van der Waals surface area contributed by atoms with Gasteiger partial charge in [-0.2, -0.15) is 0 Å². The van der Waals surface area contributed by atoms with E-state index in [1.54, 1.807) is 26.2 Å². The van der Waals surface area contributed by atoms with E-state index >= 15 is 0 Å². The summed E-state index contributed by atoms with van der Waals surface area (Å²) < 4.78 is 11.8. The van der Waals surface area contributed by atoms with Crippen molar-refractivity contribution in [1.29, 1.82) is 0 Å². The SMILES string of the molecule is COc1cccc(OC(C)C(=O)Nc2nc(-c3cccc(Br)c3)cs2)c1. The van der Waals surface area contributed by atoms with E-state index in [4.69, 9.17) is 9.47 Å². The lowest BCUT2D eigenvalue weighted by Gasteiger charge is -2.14. The summed E-state index contributed by atoms with van der Waals surface area (Å²) in [6, 6.07) is 15.0. The first-order valence-electron chi connectivity index (χ1n) is 7.88. The largest absolute Gasteiger partial charge is 0.497 e. The van der Waals surface area contributed by atoms with Gasteiger partial charge in [0, 0.05) is 21.5 Å². The molecule has 3 aromatic rings. The van der Waals surface area contributed by atoms with Crippen LogP contribution in [0.5, 0.6) is 11.5 Å². The number of hydrogen-bond acceptors (Lipinski definition) is 5. The highest BCUT2D eigenvalue weighted by Gasteiger charge is 2.17. The number of anilines is 1. The number of methoxy groups -OCH3 is 1. The van der Waals surface area contributed by atoms with Gasteiger partial charge in [-0.1, -0.05) is 34.1 Å². The number of halogens is 1. The predicted molar refractivity (Wildman–Crippen MR) is 107 cm³/mol. The molecule has 134 valence electrons. The Morgan fingerprint density at radius 3 is 2.73 bits per heavy atom. The first-order chi connectivity index (χ1) is 12.5. The van der Waals surface area contributed by atoms with Crippen LogP contribution < -0.4 is 14.8 Å². The van der Waals surface area contributed by atoms with Crippen molar-refractivity contribution in [1.82, 2.24) is 4.98 Å². The molecule has 0 aliphatic carbocycles. The molecule has 26 heavy (non-hydrogen) atoms. The lowest BCUT2D eigenvalue weighted by Crippen LogP contribution is -2.30. The third-order valence-corrected chi connectivity index (χ3v) is 4.83. The number of ether oxygens (including phenoxy) is 2. The normalized spacial score (nSPS) is 11.7. The van der Waals surface area contributed by atoms with Crippen LogP contribution in [-0.2, 0) is 4.79 Å². The summed E-state index contributed by atoms with van der Waals surface area (Å²) in [7, 11) is 1.58. The van der Waals surface area contributed by atoms with E-state index in [1.165, 1.54) is 11.3 Å². The van der Waals surface area contributed by atoms with E-state index in [0.29, 0.717) is 16.6 Å². The van der Waals surface area contributed by atoms with E-state index < -0.39 is 6.10 Å². The maximum Gasteiger partial charge on any atom is 0.266 e. The first-order valence-corrected chi connectivity index (χ1v) is 9.55. The molecule has 1 atom stereocenters. The summed E-state index contributed by atoms with van der Waals surface area (Å²) >= 11 is 4.82. The predicted octanol–water partition coefficient (Wildman–Crippen LogP) is 4.99. The molecule has 5 nitrogen and oxygen atoms in total. The highest BCUT2D eigenvalue weighted by Crippen LogP contribution is 2.27. The van der Waals surface area contributed by atoms with E-state index in [2.05, 4.69) is 26.2 Å². The van der Waals surface area contributed by atoms with Crippen molar-refractivity contribution in [3.63, 3.8) is 0 Å². The number of rotatable bonds is 6. The molecular formula is C19H17BrN2O3S. The van der Waals surface area contributed by atoms with Crippen LogP contribution in [0.25, 0.3) is 11.3 Å². The summed E-state index contributed by atoms with van der Waals surface area (Å²) in [5.41, 5.74) is 1.80. The van der Waals surface area contributed by atoms with Gasteiger partial charge in [0.25, 0.3) is 5.91 Å². The number of carbonyl (C=O) groups excluding carboxylic acids is 1. The van der Waals surface area contributed by atoms with Gasteiger partial charge in [0.15, 0.2) is 11.2 Å². The molecule has 1 N–H and O–H groups in total. The zero-order valence-electron chi connectivity index (χ0n) is 14.2. The fraction of sp³-hybridized carbons (Fsp3) is 0.158. The summed E-state index contributed by atoms with van der Waals surface area (Å²) in [5.74, 6) is 0.984. The van der Waals surface area contributed by atoms with Crippen LogP contribution in [0.1, 0.15) is 6.92 Å². The number of aromatic nitrogens is 1. The minimum Gasteiger partial charge on any atom is -0.497 e. The number of amides is 1. The molecule has 7 heteroatoms. The van der Waals surface area contributed by atoms with Gasteiger partial charge >= 0.3 is 0 Å². The van der Waals surface area contributed by atoms with Gasteiger partial charge in [-0.25, -0.2) is 4.98 Å². The lowest BCUT2D eigenvalue weighted by molar-refractivity contribution is -0.122. The van der Waals surface area contributed by atoms with Crippen LogP contribution in [0.15, 0.2) is 58.4 Å². The monoisotopic (exact) mass is 432 g/mol. The highest BCUT2D eigenvalue weighted by atomic mass is 79.9. The van der Waals surface area contributed by atoms with E-state index in [9.17, 15) is 4.79 Å². The molecule has 1 amide bonds. The number of thiazole rings is 1. The second kappa shape index (κ2) is 8.33. The van der Waals surface area contributed by atoms with Gasteiger partial charge in [0.2, 0.25) is 0 Å². The Bertz CT molecular complexity index is 913. The summed E-state index contributed by atoms with van der Waals surface area (Å²) in [5, 5.41) is 5.24. The zero-order chi connectivity index (χ0) is 18.5. The van der Waals surface area contributed by atoms with Crippen molar-refractivity contribution >= 4 is 38.3 Å². The molecule has 0 spiro atoms. The molecule has 0 saturated heterocycles. The molecule has 1 aromatic heterocycles. The van der Waals surface area contributed by atoms with Crippen molar-refractivity contribution in [2.45, 2.75) is 13.0 Å². The number of benzene rings is 2. The Morgan fingerprint density at radius 2 is 1.96 bits per heavy atom. The minimum atomic E-state index is -0.666. The van der Waals surface area contributed by atoms with Gasteiger partial charge in [-0.3, -0.25) is 10.1 Å². The summed E-state index contributed by atoms with van der Waals surface area (Å²) in [4.78, 5) is 16.8. The standard InChI is InChI=1S/C19H17BrN2O3S/c1-12(25-16-8-4-7-15(10-16)24-2)18(23)22-19-21-17(11-26-19)13-5-3-6-14(20)9-13/h3-12H,1-2H3,(H,21,22,23). The van der Waals surface area contributed by atoms with Crippen LogP contribution in [0.3, 0.4) is 0 Å². The van der Waals surface area contributed by atoms with Crippen molar-refractivity contribution in [3.8, 4) is 22.8 Å². The number of nitrogens with zero attached hydrogens (tertiary/aromatic N) is 1. The maximum absolute atomic E-state index is 12.4. The van der Waals surface area contributed by atoms with Crippen LogP contribution in [0.2, 0.25) is 0 Å². The molecule has 1 heterocycles. The Hall–Kier alpha value is -2.38. The van der Waals surface area contributed by atoms with Crippen molar-refractivity contribution in [2.75, 3.05) is 12.4 Å². The molecule has 0 aliphatic heterocycles. The van der Waals surface area contributed by atoms with Crippen LogP contribution in [-0.4, -0.2) is 24.1 Å². The average molecular weight is 433 g/mol. The van der Waals surface area contributed by atoms with Crippen molar-refractivity contribution in [2.24, 2.45) is 0 Å². The minimum absolute atomic E-state index is 0.261. The van der Waals surface area contributed by atoms with Crippen LogP contribution in [0, 0.1) is 0 Å². The third-order valence-electron chi connectivity index (χ3n) is 3.58. The fourth-order valence-corrected chi connectivity index (χ4v) is 3.37. The first kappa shape index (κ1) is 18.4. The Kier molecular flexibility index (Phi) is 5.90. The van der Waals surface area contributed by atoms with Gasteiger partial charge in [0.1, 0.15) is 11.5 Å². The second-order valence-corrected chi connectivity index (χ2v) is 7.25. The molecule has 1 unspecified atom stereocenters. The molecule has 0 aliphatic rings. The summed E-state index contributed by atoms with van der Waals surface area (Å²) in [6.45, 7) is 1.69. The van der Waals surface area contributed by atoms with Crippen molar-refractivity contribution in [3.05, 3.63) is 58.4 Å². The average Bonchev–Trinajstić information content (AvgIpc) is 3.10. The van der Waals surface area contributed by atoms with E-state index in [0.717, 1.165) is 15.7 Å². The van der Waals surface area contributed by atoms with Crippen LogP contribution >= 0.6 is 27.3 Å². The molecular weight excluding hydrogens is 416 g/mol. The smallest absolute Gasteiger partial charge is 0.266 e. The van der Waals surface area contributed by atoms with Crippen molar-refractivity contribution < 1.29 is 14.3 Å². The quantitative estimate of drug-likeness (QED) is 0.595. The molecule has 3 rings (SSSR count). The lowest BCUT2D eigenvalue weighted by atomic mass is 10.2. The second-order valence-electron chi connectivity index (χ2n) is 5.48.